The molecule has 2 aromatic rings. The molecule has 0 spiro atoms. The molecule has 0 atom stereocenters. The zero-order chi connectivity index (χ0) is 27.0. The molecule has 2 fully saturated rings. The summed E-state index contributed by atoms with van der Waals surface area (Å²) in [5.41, 5.74) is -3.82. The van der Waals surface area contributed by atoms with Crippen molar-refractivity contribution in [2.24, 2.45) is 5.92 Å². The number of halogens is 6. The van der Waals surface area contributed by atoms with Gasteiger partial charge in [-0.1, -0.05) is 0 Å². The average molecular weight is 529 g/mol. The van der Waals surface area contributed by atoms with Gasteiger partial charge in [-0.25, -0.2) is 10.1 Å². The monoisotopic (exact) mass is 529 g/mol. The zero-order valence-corrected chi connectivity index (χ0v) is 19.2. The van der Waals surface area contributed by atoms with Gasteiger partial charge < -0.3 is 15.1 Å². The SMILES string of the molecule is N#Cc1cc(C(F)(F)F)cnc1N1CCN(C(=O)C2CC(NCc3cc(C(F)(F)F)c(=O)[nH]n3)C2)CC1. The van der Waals surface area contributed by atoms with E-state index < -0.39 is 29.0 Å². The second-order valence-corrected chi connectivity index (χ2v) is 8.86. The molecule has 3 heterocycles. The largest absolute Gasteiger partial charge is 0.421 e. The third-order valence-electron chi connectivity index (χ3n) is 6.43. The lowest BCUT2D eigenvalue weighted by molar-refractivity contribution is -0.140. The number of pyridine rings is 1. The fourth-order valence-corrected chi connectivity index (χ4v) is 4.33. The van der Waals surface area contributed by atoms with Crippen LogP contribution in [0, 0.1) is 17.2 Å². The van der Waals surface area contributed by atoms with Crippen LogP contribution in [0.25, 0.3) is 0 Å². The number of nitrogens with zero attached hydrogens (tertiary/aromatic N) is 5. The predicted octanol–water partition coefficient (Wildman–Crippen LogP) is 2.29. The van der Waals surface area contributed by atoms with Crippen LogP contribution in [0.5, 0.6) is 0 Å². The second kappa shape index (κ2) is 10.0. The van der Waals surface area contributed by atoms with Crippen molar-refractivity contribution in [1.29, 1.82) is 5.26 Å². The van der Waals surface area contributed by atoms with E-state index in [2.05, 4.69) is 15.4 Å². The van der Waals surface area contributed by atoms with Gasteiger partial charge in [0.1, 0.15) is 17.5 Å². The molecule has 1 saturated heterocycles. The van der Waals surface area contributed by atoms with Crippen LogP contribution in [0.2, 0.25) is 0 Å². The maximum Gasteiger partial charge on any atom is 0.421 e. The van der Waals surface area contributed by atoms with Crippen molar-refractivity contribution < 1.29 is 31.1 Å². The summed E-state index contributed by atoms with van der Waals surface area (Å²) in [7, 11) is 0. The highest BCUT2D eigenvalue weighted by atomic mass is 19.4. The maximum atomic E-state index is 12.9. The number of H-pyrrole nitrogens is 1. The molecule has 2 N–H and O–H groups in total. The summed E-state index contributed by atoms with van der Waals surface area (Å²) in [6.07, 6.45) is -7.76. The van der Waals surface area contributed by atoms with Gasteiger partial charge >= 0.3 is 12.4 Å². The Kier molecular flexibility index (Phi) is 7.13. The van der Waals surface area contributed by atoms with Gasteiger partial charge in [-0.05, 0) is 25.0 Å². The van der Waals surface area contributed by atoms with Gasteiger partial charge in [0.15, 0.2) is 0 Å². The van der Waals surface area contributed by atoms with Crippen molar-refractivity contribution in [3.8, 4) is 6.07 Å². The molecule has 1 aliphatic heterocycles. The normalized spacial score (nSPS) is 20.4. The summed E-state index contributed by atoms with van der Waals surface area (Å²) < 4.78 is 77.3. The van der Waals surface area contributed by atoms with Crippen molar-refractivity contribution in [1.82, 2.24) is 25.4 Å². The molecule has 0 aromatic carbocycles. The van der Waals surface area contributed by atoms with Crippen LogP contribution in [0.1, 0.15) is 35.2 Å². The first-order valence-electron chi connectivity index (χ1n) is 11.3. The van der Waals surface area contributed by atoms with Gasteiger partial charge in [-0.15, -0.1) is 0 Å². The van der Waals surface area contributed by atoms with Crippen LogP contribution >= 0.6 is 0 Å². The van der Waals surface area contributed by atoms with Crippen molar-refractivity contribution in [3.63, 3.8) is 0 Å². The molecule has 0 bridgehead atoms. The van der Waals surface area contributed by atoms with Crippen molar-refractivity contribution >= 4 is 11.7 Å². The Bertz CT molecular complexity index is 1260. The highest BCUT2D eigenvalue weighted by Gasteiger charge is 2.39. The smallest absolute Gasteiger partial charge is 0.352 e. The number of anilines is 1. The number of carbonyl (C=O) groups is 1. The molecule has 0 unspecified atom stereocenters. The first-order chi connectivity index (χ1) is 17.4. The quantitative estimate of drug-likeness (QED) is 0.571. The topological polar surface area (TPSA) is 118 Å². The molecule has 15 heteroatoms. The van der Waals surface area contributed by atoms with Crippen LogP contribution < -0.4 is 15.8 Å². The number of nitriles is 1. The van der Waals surface area contributed by atoms with E-state index in [9.17, 15) is 41.2 Å². The second-order valence-electron chi connectivity index (χ2n) is 8.86. The molecule has 4 rings (SSSR count). The minimum atomic E-state index is -4.79. The lowest BCUT2D eigenvalue weighted by Gasteiger charge is -2.41. The summed E-state index contributed by atoms with van der Waals surface area (Å²) in [5.74, 6) is -0.211. The van der Waals surface area contributed by atoms with Crippen molar-refractivity contribution in [2.75, 3.05) is 31.1 Å². The Hall–Kier alpha value is -3.67. The Morgan fingerprint density at radius 3 is 2.38 bits per heavy atom. The Morgan fingerprint density at radius 1 is 1.11 bits per heavy atom. The van der Waals surface area contributed by atoms with Gasteiger partial charge in [0.05, 0.1) is 16.8 Å². The summed E-state index contributed by atoms with van der Waals surface area (Å²) in [6.45, 7) is 1.20. The van der Waals surface area contributed by atoms with E-state index >= 15 is 0 Å². The van der Waals surface area contributed by atoms with Gasteiger partial charge in [-0.2, -0.15) is 36.7 Å². The van der Waals surface area contributed by atoms with Crippen LogP contribution in [0.15, 0.2) is 23.1 Å². The Labute approximate surface area is 206 Å². The summed E-state index contributed by atoms with van der Waals surface area (Å²) in [4.78, 5) is 31.3. The number of hydrogen-bond acceptors (Lipinski definition) is 7. The third kappa shape index (κ3) is 5.85. The van der Waals surface area contributed by atoms with Crippen molar-refractivity contribution in [3.05, 3.63) is 51.1 Å². The van der Waals surface area contributed by atoms with Crippen molar-refractivity contribution in [2.45, 2.75) is 37.8 Å². The first kappa shape index (κ1) is 26.4. The minimum Gasteiger partial charge on any atom is -0.352 e. The molecule has 2 aliphatic rings. The lowest BCUT2D eigenvalue weighted by atomic mass is 9.79. The van der Waals surface area contributed by atoms with E-state index in [4.69, 9.17) is 0 Å². The fourth-order valence-electron chi connectivity index (χ4n) is 4.33. The predicted molar refractivity (Wildman–Crippen MR) is 116 cm³/mol. The highest BCUT2D eigenvalue weighted by molar-refractivity contribution is 5.80. The molecule has 1 aliphatic carbocycles. The molecule has 2 aromatic heterocycles. The molecule has 1 amide bonds. The molecule has 0 radical (unpaired) electrons. The maximum absolute atomic E-state index is 12.9. The fraction of sp³-hybridized carbons (Fsp3) is 0.500. The van der Waals surface area contributed by atoms with E-state index in [1.165, 1.54) is 0 Å². The number of aromatic amines is 1. The third-order valence-corrected chi connectivity index (χ3v) is 6.43. The molecular formula is C22H21F6N7O2. The lowest BCUT2D eigenvalue weighted by Crippen LogP contribution is -2.54. The summed E-state index contributed by atoms with van der Waals surface area (Å²) in [5, 5.41) is 17.7. The van der Waals surface area contributed by atoms with Gasteiger partial charge in [0.2, 0.25) is 5.91 Å². The zero-order valence-electron chi connectivity index (χ0n) is 19.2. The van der Waals surface area contributed by atoms with Gasteiger partial charge in [0.25, 0.3) is 5.56 Å². The summed E-state index contributed by atoms with van der Waals surface area (Å²) >= 11 is 0. The van der Waals surface area contributed by atoms with Crippen LogP contribution in [0.3, 0.4) is 0 Å². The average Bonchev–Trinajstić information content (AvgIpc) is 2.82. The molecule has 198 valence electrons. The molecule has 1 saturated carbocycles. The van der Waals surface area contributed by atoms with Gasteiger partial charge in [-0.3, -0.25) is 9.59 Å². The number of amides is 1. The molecule has 9 nitrogen and oxygen atoms in total. The minimum absolute atomic E-state index is 0.00847. The number of alkyl halides is 6. The Balaban J connectivity index is 1.26. The van der Waals surface area contributed by atoms with Gasteiger partial charge in [0, 0.05) is 50.9 Å². The number of aromatic nitrogens is 3. The van der Waals surface area contributed by atoms with E-state index in [0.29, 0.717) is 51.3 Å². The number of nitrogens with one attached hydrogen (secondary N) is 2. The number of hydrogen-bond donors (Lipinski definition) is 2. The van der Waals surface area contributed by atoms with E-state index in [0.717, 1.165) is 6.07 Å². The Morgan fingerprint density at radius 2 is 1.78 bits per heavy atom. The van der Waals surface area contributed by atoms with E-state index in [1.54, 1.807) is 15.9 Å². The first-order valence-corrected chi connectivity index (χ1v) is 11.3. The molecular weight excluding hydrogens is 508 g/mol. The molecule has 37 heavy (non-hydrogen) atoms. The summed E-state index contributed by atoms with van der Waals surface area (Å²) in [6, 6.07) is 3.09. The standard InChI is InChI=1S/C22H21F6N7O2/c23-21(24,25)14-5-13(9-29)18(31-10-14)34-1-3-35(4-2-34)20(37)12-6-15(7-12)30-11-16-8-17(22(26,27)28)19(36)33-32-16/h5,8,10,12,15,30H,1-4,6-7,11H2,(H,33,36). The highest BCUT2D eigenvalue weighted by Crippen LogP contribution is 2.33. The van der Waals surface area contributed by atoms with E-state index in [1.807, 2.05) is 5.10 Å². The number of carbonyl (C=O) groups excluding carboxylic acids is 1. The van der Waals surface area contributed by atoms with Crippen LogP contribution in [0.4, 0.5) is 32.2 Å². The van der Waals surface area contributed by atoms with E-state index in [-0.39, 0.29) is 41.5 Å². The van der Waals surface area contributed by atoms with Crippen LogP contribution in [-0.4, -0.2) is 58.2 Å². The van der Waals surface area contributed by atoms with Crippen LogP contribution in [-0.2, 0) is 23.7 Å². The number of rotatable bonds is 5. The number of piperazine rings is 1.